The molecule has 3 fully saturated rings. The van der Waals surface area contributed by atoms with Crippen LogP contribution in [0.3, 0.4) is 0 Å². The number of morpholine rings is 3. The molecule has 0 unspecified atom stereocenters. The van der Waals surface area contributed by atoms with Gasteiger partial charge in [-0.15, -0.1) is 35.5 Å². The normalized spacial score (nSPS) is 13.1. The average Bonchev–Trinajstić information content (AvgIpc) is 1.71. The number of nitrogen functional groups attached to an aromatic ring is 1. The van der Waals surface area contributed by atoms with Crippen LogP contribution in [0.4, 0.5) is 42.8 Å². The van der Waals surface area contributed by atoms with E-state index in [2.05, 4.69) is 210 Å². The number of benzene rings is 11. The molecule has 3 saturated heterocycles. The number of hydrogen-bond donors (Lipinski definition) is 5. The smallest absolute Gasteiger partial charge is 0.337 e. The Labute approximate surface area is 822 Å². The van der Waals surface area contributed by atoms with Crippen molar-refractivity contribution < 1.29 is 113 Å². The van der Waals surface area contributed by atoms with E-state index >= 15 is 0 Å². The monoisotopic (exact) mass is 1910 g/mol. The number of urea groups is 3. The van der Waals surface area contributed by atoms with Gasteiger partial charge in [0, 0.05) is 210 Å². The molecule has 0 spiro atoms. The molecule has 0 bridgehead atoms. The van der Waals surface area contributed by atoms with Crippen molar-refractivity contribution in [3.63, 3.8) is 0 Å². The maximum Gasteiger partial charge on any atom is 0.337 e. The van der Waals surface area contributed by atoms with Crippen LogP contribution >= 0.6 is 0 Å². The van der Waals surface area contributed by atoms with Gasteiger partial charge in [-0.05, 0) is 110 Å². The second kappa shape index (κ2) is 58.6. The number of aromatic nitrogens is 1. The summed E-state index contributed by atoms with van der Waals surface area (Å²) in [6.07, 6.45) is 5.48. The Morgan fingerprint density at radius 1 is 0.450 bits per heavy atom. The molecule has 6 N–H and O–H groups in total. The van der Waals surface area contributed by atoms with Crippen LogP contribution in [0.5, 0.6) is 0 Å². The summed E-state index contributed by atoms with van der Waals surface area (Å²) in [7, 11) is 1.34. The third kappa shape index (κ3) is 36.5. The van der Waals surface area contributed by atoms with E-state index in [1.165, 1.54) is 40.5 Å². The molecule has 0 atom stereocenters. The Morgan fingerprint density at radius 2 is 0.802 bits per heavy atom. The molecule has 3 aliphatic heterocycles. The van der Waals surface area contributed by atoms with Gasteiger partial charge in [0.15, 0.2) is 5.76 Å². The van der Waals surface area contributed by atoms with E-state index < -0.39 is 5.97 Å². The number of aliphatic imine (C=N–C) groups is 1. The zero-order valence-corrected chi connectivity index (χ0v) is 81.2. The van der Waals surface area contributed by atoms with E-state index in [9.17, 15) is 19.2 Å². The van der Waals surface area contributed by atoms with Crippen LogP contribution in [0.25, 0.3) is 11.3 Å². The van der Waals surface area contributed by atoms with E-state index in [4.69, 9.17) is 34.4 Å². The van der Waals surface area contributed by atoms with Gasteiger partial charge in [-0.1, -0.05) is 222 Å². The van der Waals surface area contributed by atoms with Gasteiger partial charge in [0.1, 0.15) is 0 Å². The van der Waals surface area contributed by atoms with E-state index in [0.29, 0.717) is 79.1 Å². The molecular weight excluding hydrogens is 1790 g/mol. The Kier molecular flexibility index (Phi) is 46.3. The molecule has 23 nitrogen and oxygen atoms in total. The number of methoxy groups -OCH3 is 1. The second-order valence-corrected chi connectivity index (χ2v) is 31.5. The van der Waals surface area contributed by atoms with Crippen LogP contribution in [0.15, 0.2) is 324 Å². The minimum atomic E-state index is -0.436. The van der Waals surface area contributed by atoms with Gasteiger partial charge in [-0.2, -0.15) is 48.5 Å². The standard InChI is InChI=1S/C35H36N4O2.C32H36N4O3.C30H35N3O4.C6H6N.C3H7NO.2Y/c40-35(37-33-18-10-11-29(27-33)28-36-32-16-8-3-9-17-32)39(22-21-38-23-25-41-26-24-38)20-19-34(30-12-4-1-5-13-30)31-14-6-2-7-15-31;1-25-23-31(39-34-25)28-13-8-14-29(24-28)33-32(37)36(18-17-35-19-21-38-22-20-35)16-15-30(26-9-4-2-5-10-26)27-11-6-3-7-12-27;1-36-29(34)26-13-8-14-27(23-26)31-30(35)33(18-17-32-19-21-37-22-20-32)16-15-28(24-9-4-2-5-10-24)25-11-6-3-7-12-25;7-6-4-2-1-3-5-6;1-3(2)4-5;;/h1-16,18,27,34H,19-26H2,(H,37,40);2-14,23-24,30H,15-22H2,1H3,(H,33,37);2-14,23,28H,15-22H2,1H3,(H,31,35);1-4H,7H2;5H,1-2H3;;/q-2;;;-1;;;. The molecule has 12 aromatic rings. The van der Waals surface area contributed by atoms with Gasteiger partial charge in [0.05, 0.1) is 63.7 Å². The fourth-order valence-corrected chi connectivity index (χ4v) is 15.1. The zero-order valence-electron chi connectivity index (χ0n) is 75.5. The number of rotatable bonds is 31. The van der Waals surface area contributed by atoms with E-state index in [1.54, 1.807) is 50.2 Å². The number of nitrogens with zero attached hydrogens (tertiary/aromatic N) is 9. The van der Waals surface area contributed by atoms with Crippen LogP contribution in [-0.2, 0) is 84.4 Å². The SMILES string of the molecule is CC(C)=NO.COC(=O)c1cccc(NC(=O)N(CCC(c2ccccc2)c2ccccc2)CCN2CCOCC2)c1.Cc1cc(-c2cccc(NC(=O)N(CCC(c3ccccc3)c3ccccc3)CCN3CCOCC3)c2)on1.Nc1[c-]cccc1.O=C(Nc1cccc([C-]=Nc2[c-]cccc2)c1)N(CCC(c1ccccc1)c1ccccc1)CCN1CCOCC1.[Y].[Y]. The van der Waals surface area contributed by atoms with Crippen LogP contribution in [0, 0.1) is 19.1 Å². The molecule has 2 radical (unpaired) electrons. The third-order valence-electron chi connectivity index (χ3n) is 22.1. The molecule has 0 aliphatic carbocycles. The topological polar surface area (TPSA) is 258 Å². The van der Waals surface area contributed by atoms with Gasteiger partial charge < -0.3 is 70.1 Å². The maximum atomic E-state index is 13.7. The number of nitrogens with two attached hydrogens (primary N) is 1. The fourth-order valence-electron chi connectivity index (χ4n) is 15.1. The van der Waals surface area contributed by atoms with E-state index in [-0.39, 0.29) is 101 Å². The van der Waals surface area contributed by atoms with Crippen LogP contribution in [-0.4, -0.2) is 221 Å². The Morgan fingerprint density at radius 3 is 1.13 bits per heavy atom. The second-order valence-electron chi connectivity index (χ2n) is 31.5. The number of anilines is 4. The predicted octanol–water partition coefficient (Wildman–Crippen LogP) is 19.3. The first kappa shape index (κ1) is 104. The molecule has 3 aliphatic rings. The van der Waals surface area contributed by atoms with Gasteiger partial charge in [0.2, 0.25) is 0 Å². The van der Waals surface area contributed by atoms with Crippen molar-refractivity contribution in [1.29, 1.82) is 0 Å². The number of hydrogen-bond acceptors (Lipinski definition) is 17. The van der Waals surface area contributed by atoms with E-state index in [1.807, 2.05) is 149 Å². The predicted molar refractivity (Wildman–Crippen MR) is 514 cm³/mol. The zero-order chi connectivity index (χ0) is 90.3. The molecule has 15 rings (SSSR count). The number of para-hydroxylation sites is 2. The molecule has 1 aromatic heterocycles. The van der Waals surface area contributed by atoms with E-state index in [0.717, 1.165) is 140 Å². The van der Waals surface area contributed by atoms with Crippen molar-refractivity contribution in [3.05, 3.63) is 372 Å². The summed E-state index contributed by atoms with van der Waals surface area (Å²) in [5.41, 5.74) is 19.8. The van der Waals surface area contributed by atoms with Crippen molar-refractivity contribution in [2.45, 2.75) is 57.8 Å². The summed E-state index contributed by atoms with van der Waals surface area (Å²) in [5, 5.41) is 23.8. The van der Waals surface area contributed by atoms with Crippen LogP contribution in [0.1, 0.15) is 106 Å². The van der Waals surface area contributed by atoms with Gasteiger partial charge in [-0.25, -0.2) is 25.2 Å². The van der Waals surface area contributed by atoms with Crippen molar-refractivity contribution >= 4 is 64.4 Å². The summed E-state index contributed by atoms with van der Waals surface area (Å²) < 4.78 is 26.8. The average molecular weight is 1910 g/mol. The minimum absolute atomic E-state index is 0. The van der Waals surface area contributed by atoms with Crippen LogP contribution < -0.4 is 21.7 Å². The summed E-state index contributed by atoms with van der Waals surface area (Å²) >= 11 is 0. The largest absolute Gasteiger partial charge is 0.465 e. The molecule has 0 saturated carbocycles. The van der Waals surface area contributed by atoms with Gasteiger partial charge in [-0.3, -0.25) is 14.7 Å². The summed E-state index contributed by atoms with van der Waals surface area (Å²) in [5.74, 6) is 0.808. The fraction of sp³-hybridized carbons (Fsp3) is 0.292. The Hall–Kier alpha value is -11.2. The Balaban J connectivity index is 0.000000206. The molecule has 678 valence electrons. The summed E-state index contributed by atoms with van der Waals surface area (Å²) in [6, 6.07) is 107. The molecule has 131 heavy (non-hydrogen) atoms. The van der Waals surface area contributed by atoms with Gasteiger partial charge >= 0.3 is 24.1 Å². The molecule has 6 amide bonds. The number of esters is 1. The van der Waals surface area contributed by atoms with Crippen molar-refractivity contribution in [1.82, 2.24) is 34.6 Å². The first-order valence-electron chi connectivity index (χ1n) is 44.2. The maximum absolute atomic E-state index is 13.7. The Bertz CT molecular complexity index is 5180. The first-order valence-corrected chi connectivity index (χ1v) is 44.2. The summed E-state index contributed by atoms with van der Waals surface area (Å²) in [4.78, 5) is 70.0. The van der Waals surface area contributed by atoms with Crippen LogP contribution in [0.2, 0.25) is 0 Å². The number of aryl methyl sites for hydroxylation is 1. The van der Waals surface area contributed by atoms with Crippen molar-refractivity contribution in [2.24, 2.45) is 10.1 Å². The number of nitrogens with one attached hydrogen (secondary N) is 3. The van der Waals surface area contributed by atoms with Crippen molar-refractivity contribution in [3.8, 4) is 11.3 Å². The van der Waals surface area contributed by atoms with Crippen molar-refractivity contribution in [2.75, 3.05) is 167 Å². The number of ether oxygens (including phenoxy) is 4. The minimum Gasteiger partial charge on any atom is -0.465 e. The molecular formula is C106H120N13O10Y2-3. The first-order chi connectivity index (χ1) is 63.2. The molecule has 25 heteroatoms. The quantitative estimate of drug-likeness (QED) is 0.00676. The molecule has 11 aromatic carbocycles. The summed E-state index contributed by atoms with van der Waals surface area (Å²) in [6.45, 7) is 21.2. The number of oxime groups is 1. The van der Waals surface area contributed by atoms with Gasteiger partial charge in [0.25, 0.3) is 0 Å². The molecule has 4 heterocycles. The number of carbonyl (C=O) groups is 4. The third-order valence-corrected chi connectivity index (χ3v) is 22.1. The number of amides is 6. The number of carbonyl (C=O) groups excluding carboxylic acids is 4.